The lowest BCUT2D eigenvalue weighted by Crippen LogP contribution is -2.30. The molecule has 2 aromatic carbocycles. The smallest absolute Gasteiger partial charge is 0.261 e. The first kappa shape index (κ1) is 24.4. The number of ether oxygens (including phenoxy) is 1. The Kier molecular flexibility index (Phi) is 7.50. The first-order valence-electron chi connectivity index (χ1n) is 10.5. The van der Waals surface area contributed by atoms with Crippen molar-refractivity contribution >= 4 is 21.6 Å². The van der Waals surface area contributed by atoms with Gasteiger partial charge in [0.05, 0.1) is 16.3 Å². The molecule has 3 rings (SSSR count). The number of hydrogen-bond acceptors (Lipinski definition) is 6. The third kappa shape index (κ3) is 5.23. The number of nitrogens with zero attached hydrogens (tertiary/aromatic N) is 2. The van der Waals surface area contributed by atoms with Crippen molar-refractivity contribution in [1.82, 2.24) is 9.46 Å². The van der Waals surface area contributed by atoms with Crippen LogP contribution in [0, 0.1) is 12.7 Å². The van der Waals surface area contributed by atoms with Crippen LogP contribution in [0.25, 0.3) is 0 Å². The lowest BCUT2D eigenvalue weighted by Gasteiger charge is -2.20. The van der Waals surface area contributed by atoms with E-state index in [9.17, 15) is 17.6 Å². The average Bonchev–Trinajstić information content (AvgIpc) is 3.17. The number of nitrogens with one attached hydrogen (secondary N) is 1. The zero-order valence-electron chi connectivity index (χ0n) is 18.9. The van der Waals surface area contributed by atoms with E-state index in [0.717, 1.165) is 0 Å². The van der Waals surface area contributed by atoms with Gasteiger partial charge in [0.15, 0.2) is 5.75 Å². The van der Waals surface area contributed by atoms with Gasteiger partial charge in [-0.05, 0) is 55.8 Å². The van der Waals surface area contributed by atoms with Crippen molar-refractivity contribution in [3.63, 3.8) is 0 Å². The molecule has 0 saturated carbocycles. The van der Waals surface area contributed by atoms with Crippen LogP contribution in [0.3, 0.4) is 0 Å². The van der Waals surface area contributed by atoms with Crippen LogP contribution in [0.5, 0.6) is 11.5 Å². The van der Waals surface area contributed by atoms with Gasteiger partial charge in [-0.25, -0.2) is 12.8 Å². The van der Waals surface area contributed by atoms with Crippen LogP contribution in [0.15, 0.2) is 51.9 Å². The lowest BCUT2D eigenvalue weighted by atomic mass is 10.1. The number of benzene rings is 2. The summed E-state index contributed by atoms with van der Waals surface area (Å²) in [6.45, 7) is 7.56. The molecule has 0 spiro atoms. The molecule has 1 heterocycles. The predicted molar refractivity (Wildman–Crippen MR) is 122 cm³/mol. The highest BCUT2D eigenvalue weighted by Gasteiger charge is 2.25. The van der Waals surface area contributed by atoms with Crippen molar-refractivity contribution in [3.05, 3.63) is 65.3 Å². The molecule has 0 fully saturated rings. The van der Waals surface area contributed by atoms with Crippen LogP contribution < -0.4 is 10.1 Å². The molecule has 1 N–H and O–H groups in total. The van der Waals surface area contributed by atoms with Crippen molar-refractivity contribution in [2.75, 3.05) is 18.4 Å². The SMILES string of the molecule is CCc1noc(C)c1C(=O)Nc1cc(S(=O)(=O)N(CC)CC)ccc1Oc1ccc(F)cc1. The number of carbonyl (C=O) groups is 1. The fraction of sp³-hybridized carbons (Fsp3) is 0.304. The number of aryl methyl sites for hydroxylation is 2. The fourth-order valence-electron chi connectivity index (χ4n) is 3.33. The minimum absolute atomic E-state index is 0.00529. The highest BCUT2D eigenvalue weighted by atomic mass is 32.2. The zero-order valence-corrected chi connectivity index (χ0v) is 19.7. The first-order valence-corrected chi connectivity index (χ1v) is 12.0. The summed E-state index contributed by atoms with van der Waals surface area (Å²) >= 11 is 0. The summed E-state index contributed by atoms with van der Waals surface area (Å²) in [4.78, 5) is 13.1. The van der Waals surface area contributed by atoms with E-state index >= 15 is 0 Å². The average molecular weight is 476 g/mol. The predicted octanol–water partition coefficient (Wildman–Crippen LogP) is 4.76. The molecular formula is C23H26FN3O5S. The molecular weight excluding hydrogens is 449 g/mol. The van der Waals surface area contributed by atoms with Crippen molar-refractivity contribution in [3.8, 4) is 11.5 Å². The molecule has 3 aromatic rings. The number of rotatable bonds is 9. The molecule has 176 valence electrons. The molecule has 8 nitrogen and oxygen atoms in total. The quantitative estimate of drug-likeness (QED) is 0.479. The summed E-state index contributed by atoms with van der Waals surface area (Å²) in [7, 11) is -3.78. The fourth-order valence-corrected chi connectivity index (χ4v) is 4.82. The van der Waals surface area contributed by atoms with Gasteiger partial charge in [0, 0.05) is 13.1 Å². The highest BCUT2D eigenvalue weighted by Crippen LogP contribution is 2.33. The van der Waals surface area contributed by atoms with Gasteiger partial charge < -0.3 is 14.6 Å². The largest absolute Gasteiger partial charge is 0.455 e. The normalized spacial score (nSPS) is 11.6. The van der Waals surface area contributed by atoms with E-state index < -0.39 is 21.7 Å². The van der Waals surface area contributed by atoms with E-state index in [4.69, 9.17) is 9.26 Å². The third-order valence-corrected chi connectivity index (χ3v) is 7.13. The van der Waals surface area contributed by atoms with Gasteiger partial charge in [-0.3, -0.25) is 4.79 Å². The molecule has 0 atom stereocenters. The Hall–Kier alpha value is -3.24. The highest BCUT2D eigenvalue weighted by molar-refractivity contribution is 7.89. The second kappa shape index (κ2) is 10.1. The van der Waals surface area contributed by atoms with Crippen molar-refractivity contribution in [2.45, 2.75) is 39.0 Å². The number of sulfonamides is 1. The molecule has 0 aliphatic heterocycles. The maximum atomic E-state index is 13.3. The van der Waals surface area contributed by atoms with E-state index in [1.807, 2.05) is 6.92 Å². The molecule has 33 heavy (non-hydrogen) atoms. The Bertz CT molecular complexity index is 1240. The van der Waals surface area contributed by atoms with Gasteiger partial charge in [0.1, 0.15) is 22.9 Å². The molecule has 0 aliphatic rings. The number of carbonyl (C=O) groups excluding carboxylic acids is 1. The Morgan fingerprint density at radius 1 is 1.12 bits per heavy atom. The summed E-state index contributed by atoms with van der Waals surface area (Å²) in [5, 5.41) is 6.62. The van der Waals surface area contributed by atoms with E-state index in [2.05, 4.69) is 10.5 Å². The summed E-state index contributed by atoms with van der Waals surface area (Å²) in [6.07, 6.45) is 0.482. The van der Waals surface area contributed by atoms with Crippen molar-refractivity contribution in [1.29, 1.82) is 0 Å². The number of aromatic nitrogens is 1. The van der Waals surface area contributed by atoms with Gasteiger partial charge in [0.25, 0.3) is 5.91 Å². The second-order valence-corrected chi connectivity index (χ2v) is 9.11. The van der Waals surface area contributed by atoms with E-state index in [1.54, 1.807) is 20.8 Å². The summed E-state index contributed by atoms with van der Waals surface area (Å²) < 4.78 is 51.6. The molecule has 0 bridgehead atoms. The second-order valence-electron chi connectivity index (χ2n) is 7.17. The van der Waals surface area contributed by atoms with Gasteiger partial charge in [-0.1, -0.05) is 25.9 Å². The minimum atomic E-state index is -3.78. The Morgan fingerprint density at radius 2 is 1.79 bits per heavy atom. The Morgan fingerprint density at radius 3 is 2.39 bits per heavy atom. The summed E-state index contributed by atoms with van der Waals surface area (Å²) in [6, 6.07) is 9.54. The lowest BCUT2D eigenvalue weighted by molar-refractivity contribution is 0.102. The van der Waals surface area contributed by atoms with Gasteiger partial charge in [-0.15, -0.1) is 0 Å². The maximum absolute atomic E-state index is 13.3. The van der Waals surface area contributed by atoms with Crippen LogP contribution >= 0.6 is 0 Å². The molecule has 0 radical (unpaired) electrons. The van der Waals surface area contributed by atoms with Crippen LogP contribution in [0.4, 0.5) is 10.1 Å². The van der Waals surface area contributed by atoms with Crippen molar-refractivity contribution in [2.24, 2.45) is 0 Å². The van der Waals surface area contributed by atoms with Crippen LogP contribution in [0.1, 0.15) is 42.6 Å². The molecule has 10 heteroatoms. The van der Waals surface area contributed by atoms with E-state index in [0.29, 0.717) is 36.7 Å². The number of halogens is 1. The minimum Gasteiger partial charge on any atom is -0.455 e. The number of hydrogen-bond donors (Lipinski definition) is 1. The van der Waals surface area contributed by atoms with E-state index in [1.165, 1.54) is 46.8 Å². The molecule has 1 amide bonds. The van der Waals surface area contributed by atoms with Gasteiger partial charge >= 0.3 is 0 Å². The first-order chi connectivity index (χ1) is 15.7. The van der Waals surface area contributed by atoms with E-state index in [-0.39, 0.29) is 21.9 Å². The monoisotopic (exact) mass is 475 g/mol. The van der Waals surface area contributed by atoms with Crippen LogP contribution in [-0.2, 0) is 16.4 Å². The molecule has 0 saturated heterocycles. The van der Waals surface area contributed by atoms with Crippen molar-refractivity contribution < 1.29 is 26.9 Å². The number of anilines is 1. The van der Waals surface area contributed by atoms with Crippen LogP contribution in [0.2, 0.25) is 0 Å². The standard InChI is InChI=1S/C23H26FN3O5S/c1-5-19-22(15(4)32-26-19)23(28)25-20-14-18(33(29,30)27(6-2)7-3)12-13-21(20)31-17-10-8-16(24)9-11-17/h8-14H,5-7H2,1-4H3,(H,25,28). The number of amides is 1. The molecule has 0 unspecified atom stereocenters. The topological polar surface area (TPSA) is 102 Å². The van der Waals surface area contributed by atoms with Gasteiger partial charge in [-0.2, -0.15) is 4.31 Å². The zero-order chi connectivity index (χ0) is 24.2. The third-order valence-electron chi connectivity index (χ3n) is 5.08. The van der Waals surface area contributed by atoms with Gasteiger partial charge in [0.2, 0.25) is 10.0 Å². The molecule has 1 aromatic heterocycles. The Balaban J connectivity index is 2.05. The Labute approximate surface area is 192 Å². The van der Waals surface area contributed by atoms with Crippen LogP contribution in [-0.4, -0.2) is 36.9 Å². The maximum Gasteiger partial charge on any atom is 0.261 e. The summed E-state index contributed by atoms with van der Waals surface area (Å²) in [5.74, 6) is -0.0713. The molecule has 0 aliphatic carbocycles. The summed E-state index contributed by atoms with van der Waals surface area (Å²) in [5.41, 5.74) is 0.903.